The molecule has 5 rings (SSSR count). The lowest BCUT2D eigenvalue weighted by molar-refractivity contribution is 0.102. The highest BCUT2D eigenvalue weighted by molar-refractivity contribution is 6.02. The lowest BCUT2D eigenvalue weighted by Crippen LogP contribution is -2.12. The molecular weight excluding hydrogens is 375 g/mol. The van der Waals surface area contributed by atoms with Crippen LogP contribution in [0.3, 0.4) is 0 Å². The number of hydrogen-bond donors (Lipinski definition) is 1. The van der Waals surface area contributed by atoms with Crippen molar-refractivity contribution in [3.05, 3.63) is 72.5 Å². The van der Waals surface area contributed by atoms with Crippen molar-refractivity contribution in [3.63, 3.8) is 0 Å². The zero-order chi connectivity index (χ0) is 19.8. The average Bonchev–Trinajstić information content (AvgIpc) is 3.26. The number of rotatable bonds is 5. The molecule has 0 bridgehead atoms. The van der Waals surface area contributed by atoms with Gasteiger partial charge < -0.3 is 9.84 Å². The molecule has 1 aliphatic rings. The summed E-state index contributed by atoms with van der Waals surface area (Å²) in [4.78, 5) is 25.4. The van der Waals surface area contributed by atoms with Crippen LogP contribution < -0.4 is 5.32 Å². The molecule has 1 aliphatic carbocycles. The molecule has 29 heavy (non-hydrogen) atoms. The van der Waals surface area contributed by atoms with Crippen LogP contribution in [0.4, 0.5) is 10.1 Å². The number of aromatic nitrogens is 5. The molecule has 4 aromatic rings. The topological polar surface area (TPSA) is 98.7 Å². The van der Waals surface area contributed by atoms with Gasteiger partial charge in [0.1, 0.15) is 17.8 Å². The van der Waals surface area contributed by atoms with Crippen LogP contribution in [0, 0.1) is 5.82 Å². The van der Waals surface area contributed by atoms with Crippen LogP contribution in [0.15, 0.2) is 59.6 Å². The number of nitrogens with zero attached hydrogens (tertiary/aromatic N) is 5. The summed E-state index contributed by atoms with van der Waals surface area (Å²) in [5, 5.41) is 6.66. The van der Waals surface area contributed by atoms with Crippen LogP contribution in [0.25, 0.3) is 17.3 Å². The van der Waals surface area contributed by atoms with Gasteiger partial charge in [0.2, 0.25) is 0 Å². The second-order valence-electron chi connectivity index (χ2n) is 6.74. The van der Waals surface area contributed by atoms with E-state index in [0.717, 1.165) is 12.8 Å². The Morgan fingerprint density at radius 3 is 2.93 bits per heavy atom. The van der Waals surface area contributed by atoms with E-state index in [1.165, 1.54) is 24.5 Å². The van der Waals surface area contributed by atoms with E-state index in [9.17, 15) is 9.18 Å². The standard InChI is InChI=1S/C20H15FN6O2/c21-13-3-1-4-14(9-13)24-19(28)16-10-27(11-23-16)18-15(5-2-8-22-18)20-25-17(26-29-20)12-6-7-12/h1-5,8-12H,6-7H2,(H,24,28). The first kappa shape index (κ1) is 17.2. The van der Waals surface area contributed by atoms with E-state index < -0.39 is 11.7 Å². The first-order valence-electron chi connectivity index (χ1n) is 9.07. The van der Waals surface area contributed by atoms with Crippen molar-refractivity contribution in [1.82, 2.24) is 24.7 Å². The summed E-state index contributed by atoms with van der Waals surface area (Å²) in [6, 6.07) is 9.25. The summed E-state index contributed by atoms with van der Waals surface area (Å²) in [6.07, 6.45) is 6.79. The molecule has 0 saturated heterocycles. The number of hydrogen-bond acceptors (Lipinski definition) is 6. The van der Waals surface area contributed by atoms with E-state index in [1.54, 1.807) is 29.1 Å². The van der Waals surface area contributed by atoms with Crippen molar-refractivity contribution in [2.24, 2.45) is 0 Å². The largest absolute Gasteiger partial charge is 0.334 e. The molecule has 1 aromatic carbocycles. The number of amides is 1. The van der Waals surface area contributed by atoms with Crippen molar-refractivity contribution in [3.8, 4) is 17.3 Å². The summed E-state index contributed by atoms with van der Waals surface area (Å²) in [6.45, 7) is 0. The second-order valence-corrected chi connectivity index (χ2v) is 6.74. The van der Waals surface area contributed by atoms with Crippen LogP contribution in [0.5, 0.6) is 0 Å². The summed E-state index contributed by atoms with van der Waals surface area (Å²) in [5.74, 6) is 1.07. The Kier molecular flexibility index (Phi) is 4.12. The number of nitrogens with one attached hydrogen (secondary N) is 1. The Balaban J connectivity index is 1.42. The number of carbonyl (C=O) groups excluding carboxylic acids is 1. The van der Waals surface area contributed by atoms with Gasteiger partial charge in [-0.3, -0.25) is 9.36 Å². The molecule has 9 heteroatoms. The molecule has 0 aliphatic heterocycles. The normalized spacial score (nSPS) is 13.4. The Hall–Kier alpha value is -3.88. The molecule has 1 fully saturated rings. The van der Waals surface area contributed by atoms with Crippen LogP contribution in [-0.4, -0.2) is 30.6 Å². The fraction of sp³-hybridized carbons (Fsp3) is 0.150. The number of carbonyl (C=O) groups is 1. The number of halogens is 1. The van der Waals surface area contributed by atoms with Gasteiger partial charge in [0.15, 0.2) is 11.6 Å². The fourth-order valence-electron chi connectivity index (χ4n) is 2.94. The van der Waals surface area contributed by atoms with Crippen molar-refractivity contribution in [1.29, 1.82) is 0 Å². The fourth-order valence-corrected chi connectivity index (χ4v) is 2.94. The highest BCUT2D eigenvalue weighted by Crippen LogP contribution is 2.39. The van der Waals surface area contributed by atoms with Gasteiger partial charge in [-0.2, -0.15) is 4.98 Å². The zero-order valence-electron chi connectivity index (χ0n) is 15.1. The van der Waals surface area contributed by atoms with E-state index in [-0.39, 0.29) is 5.69 Å². The van der Waals surface area contributed by atoms with Gasteiger partial charge in [-0.05, 0) is 43.2 Å². The molecule has 0 spiro atoms. The maximum absolute atomic E-state index is 13.3. The van der Waals surface area contributed by atoms with Crippen molar-refractivity contribution in [2.75, 3.05) is 5.32 Å². The SMILES string of the molecule is O=C(Nc1cccc(F)c1)c1cn(-c2ncccc2-c2nc(C3CC3)no2)cn1. The van der Waals surface area contributed by atoms with Crippen LogP contribution in [0.2, 0.25) is 0 Å². The Bertz CT molecular complexity index is 1200. The molecule has 0 radical (unpaired) electrons. The van der Waals surface area contributed by atoms with Gasteiger partial charge in [-0.15, -0.1) is 0 Å². The number of benzene rings is 1. The van der Waals surface area contributed by atoms with Crippen molar-refractivity contribution < 1.29 is 13.7 Å². The third kappa shape index (κ3) is 3.49. The highest BCUT2D eigenvalue weighted by Gasteiger charge is 2.29. The predicted molar refractivity (Wildman–Crippen MR) is 101 cm³/mol. The molecule has 1 saturated carbocycles. The molecule has 3 heterocycles. The minimum Gasteiger partial charge on any atom is -0.334 e. The van der Waals surface area contributed by atoms with Crippen LogP contribution in [-0.2, 0) is 0 Å². The Morgan fingerprint density at radius 2 is 2.10 bits per heavy atom. The highest BCUT2D eigenvalue weighted by atomic mass is 19.1. The zero-order valence-corrected chi connectivity index (χ0v) is 15.1. The first-order valence-corrected chi connectivity index (χ1v) is 9.07. The number of pyridine rings is 1. The monoisotopic (exact) mass is 390 g/mol. The molecule has 0 atom stereocenters. The number of anilines is 1. The van der Waals surface area contributed by atoms with E-state index in [0.29, 0.717) is 34.7 Å². The van der Waals surface area contributed by atoms with Crippen molar-refractivity contribution >= 4 is 11.6 Å². The molecule has 3 aromatic heterocycles. The van der Waals surface area contributed by atoms with Gasteiger partial charge in [0.25, 0.3) is 11.8 Å². The molecule has 8 nitrogen and oxygen atoms in total. The van der Waals surface area contributed by atoms with E-state index >= 15 is 0 Å². The smallest absolute Gasteiger partial charge is 0.275 e. The average molecular weight is 390 g/mol. The predicted octanol–water partition coefficient (Wildman–Crippen LogP) is 3.59. The first-order chi connectivity index (χ1) is 14.2. The molecule has 0 unspecified atom stereocenters. The van der Waals surface area contributed by atoms with Gasteiger partial charge >= 0.3 is 0 Å². The minimum absolute atomic E-state index is 0.162. The third-order valence-corrected chi connectivity index (χ3v) is 4.54. The third-order valence-electron chi connectivity index (χ3n) is 4.54. The maximum Gasteiger partial charge on any atom is 0.275 e. The van der Waals surface area contributed by atoms with Gasteiger partial charge in [0.05, 0.1) is 5.56 Å². The Labute approximate surface area is 164 Å². The Morgan fingerprint density at radius 1 is 1.21 bits per heavy atom. The molecule has 144 valence electrons. The second kappa shape index (κ2) is 6.93. The quantitative estimate of drug-likeness (QED) is 0.559. The van der Waals surface area contributed by atoms with Gasteiger partial charge in [-0.1, -0.05) is 11.2 Å². The summed E-state index contributed by atoms with van der Waals surface area (Å²) >= 11 is 0. The summed E-state index contributed by atoms with van der Waals surface area (Å²) < 4.78 is 20.3. The lowest BCUT2D eigenvalue weighted by atomic mass is 10.2. The summed E-state index contributed by atoms with van der Waals surface area (Å²) in [7, 11) is 0. The summed E-state index contributed by atoms with van der Waals surface area (Å²) in [5.41, 5.74) is 1.15. The molecular formula is C20H15FN6O2. The maximum atomic E-state index is 13.3. The lowest BCUT2D eigenvalue weighted by Gasteiger charge is -2.05. The molecule has 1 amide bonds. The van der Waals surface area contributed by atoms with Gasteiger partial charge in [0, 0.05) is 24.0 Å². The van der Waals surface area contributed by atoms with E-state index in [2.05, 4.69) is 25.4 Å². The number of imidazole rings is 1. The van der Waals surface area contributed by atoms with Gasteiger partial charge in [-0.25, -0.2) is 14.4 Å². The molecule has 1 N–H and O–H groups in total. The van der Waals surface area contributed by atoms with Crippen molar-refractivity contribution in [2.45, 2.75) is 18.8 Å². The van der Waals surface area contributed by atoms with E-state index in [4.69, 9.17) is 4.52 Å². The van der Waals surface area contributed by atoms with E-state index in [1.807, 2.05) is 6.07 Å². The minimum atomic E-state index is -0.458. The van der Waals surface area contributed by atoms with Crippen LogP contribution in [0.1, 0.15) is 35.1 Å². The van der Waals surface area contributed by atoms with Crippen LogP contribution >= 0.6 is 0 Å².